The summed E-state index contributed by atoms with van der Waals surface area (Å²) in [5, 5.41) is 8.49. The van der Waals surface area contributed by atoms with Gasteiger partial charge in [0.1, 0.15) is 23.6 Å². The second-order valence-corrected chi connectivity index (χ2v) is 41.5. The number of carbonyl (C=O) groups excluding carboxylic acids is 8. The summed E-state index contributed by atoms with van der Waals surface area (Å²) in [6, 6.07) is 0. The van der Waals surface area contributed by atoms with Gasteiger partial charge in [-0.05, 0) is 365 Å². The number of halogens is 2. The minimum atomic E-state index is -3.12. The molecule has 7 aliphatic rings. The maximum atomic E-state index is 12.3. The lowest BCUT2D eigenvalue weighted by Gasteiger charge is -2.32. The van der Waals surface area contributed by atoms with Gasteiger partial charge in [0.25, 0.3) is 0 Å². The Morgan fingerprint density at radius 3 is 0.813 bits per heavy atom. The minimum Gasteiger partial charge on any atom is -0.478 e. The predicted molar refractivity (Wildman–Crippen MR) is 516 cm³/mol. The second kappa shape index (κ2) is 60.3. The van der Waals surface area contributed by atoms with Crippen molar-refractivity contribution in [1.82, 2.24) is 0 Å². The molecule has 0 radical (unpaired) electrons. The van der Waals surface area contributed by atoms with Gasteiger partial charge in [-0.2, -0.15) is 0 Å². The Bertz CT molecular complexity index is 3580. The van der Waals surface area contributed by atoms with E-state index < -0.39 is 27.4 Å². The van der Waals surface area contributed by atoms with Crippen molar-refractivity contribution < 1.29 is 80.2 Å². The average molecular weight is 1840 g/mol. The van der Waals surface area contributed by atoms with Crippen molar-refractivity contribution in [3.05, 3.63) is 151 Å². The van der Waals surface area contributed by atoms with E-state index in [1.165, 1.54) is 169 Å². The van der Waals surface area contributed by atoms with Crippen LogP contribution in [0.1, 0.15) is 349 Å². The number of carbonyl (C=O) groups is 9. The van der Waals surface area contributed by atoms with Crippen LogP contribution < -0.4 is 0 Å². The first-order valence-electron chi connectivity index (χ1n) is 44.8. The Morgan fingerprint density at radius 1 is 0.390 bits per heavy atom. The molecule has 0 amide bonds. The van der Waals surface area contributed by atoms with Crippen LogP contribution in [0.2, 0.25) is 0 Å². The zero-order valence-electron chi connectivity index (χ0n) is 81.8. The highest BCUT2D eigenvalue weighted by atomic mass is 79.9. The zero-order valence-corrected chi connectivity index (χ0v) is 86.0. The van der Waals surface area contributed by atoms with E-state index in [9.17, 15) is 47.7 Å². The number of rotatable bonds is 29. The van der Waals surface area contributed by atoms with Gasteiger partial charge in [-0.3, -0.25) is 42.9 Å². The van der Waals surface area contributed by atoms with Gasteiger partial charge in [0.2, 0.25) is 5.24 Å². The molecule has 0 fully saturated rings. The highest BCUT2D eigenvalue weighted by Gasteiger charge is 2.33. The molecular formula is C102H164BrClO17P2. The van der Waals surface area contributed by atoms with E-state index >= 15 is 0 Å². The van der Waals surface area contributed by atoms with Crippen molar-refractivity contribution >= 4 is 96.1 Å². The lowest BCUT2D eigenvalue weighted by molar-refractivity contribution is -0.140. The maximum Gasteiger partial charge on any atom is 0.338 e. The van der Waals surface area contributed by atoms with E-state index in [1.807, 2.05) is 51.2 Å². The molecule has 0 aromatic heterocycles. The number of ether oxygens (including phenoxy) is 1. The summed E-state index contributed by atoms with van der Waals surface area (Å²) >= 11 is 8.23. The second-order valence-electron chi connectivity index (χ2n) is 37.3. The molecule has 7 rings (SSSR count). The van der Waals surface area contributed by atoms with Gasteiger partial charge in [-0.15, -0.1) is 0 Å². The SMILES string of the molecule is CC(=O)/C=C/C1=C(C)CCCC1(C)C.CC(=O)/C=C/C1=C(C)CCCC1(C)C.CC1=C(/C=C/C(=O)CC(=O)/C=C/C2=C(C)CCCC2(C)C)C(C)(C)CCC1.CC1=C(/C=C/C(=O)Cl)C(C)(C)CCC1.CC1=C(/C=C/C(=O)O)C(C)(C)CCC1.CC1=C(C=O)C(C)(C)CCC1.CCOC(=O)CBr.CCOP(=O)(CC(C)=O)OCC.CCOP(OCC)OCC. The molecule has 123 heavy (non-hydrogen) atoms. The van der Waals surface area contributed by atoms with Crippen molar-refractivity contribution in [3.63, 3.8) is 0 Å². The first-order valence-corrected chi connectivity index (χ1v) is 49.1. The van der Waals surface area contributed by atoms with E-state index in [1.54, 1.807) is 65.0 Å². The molecule has 1 N–H and O–H groups in total. The van der Waals surface area contributed by atoms with Gasteiger partial charge < -0.3 is 32.5 Å². The first-order chi connectivity index (χ1) is 57.0. The van der Waals surface area contributed by atoms with Crippen LogP contribution in [0.15, 0.2) is 151 Å². The van der Waals surface area contributed by atoms with Crippen LogP contribution in [0.5, 0.6) is 0 Å². The molecule has 0 unspecified atom stereocenters. The van der Waals surface area contributed by atoms with Crippen LogP contribution in [0.3, 0.4) is 0 Å². The number of Topliss-reactive ketones (excluding diaryl/α,β-unsaturated/α-hetero) is 1. The zero-order chi connectivity index (χ0) is 94.9. The van der Waals surface area contributed by atoms with E-state index in [4.69, 9.17) is 39.3 Å². The Morgan fingerprint density at radius 2 is 0.634 bits per heavy atom. The van der Waals surface area contributed by atoms with Gasteiger partial charge in [0.15, 0.2) is 23.1 Å². The predicted octanol–water partition coefficient (Wildman–Crippen LogP) is 28.8. The summed E-state index contributed by atoms with van der Waals surface area (Å²) in [7, 11) is -4.19. The molecule has 698 valence electrons. The van der Waals surface area contributed by atoms with Crippen molar-refractivity contribution in [2.75, 3.05) is 51.1 Å². The molecule has 0 aromatic carbocycles. The summed E-state index contributed by atoms with van der Waals surface area (Å²) < 4.78 is 41.3. The molecule has 0 heterocycles. The quantitative estimate of drug-likeness (QED) is 0.0139. The lowest BCUT2D eigenvalue weighted by atomic mass is 9.72. The third-order valence-electron chi connectivity index (χ3n) is 23.1. The number of carboxylic acids is 1. The highest BCUT2D eigenvalue weighted by molar-refractivity contribution is 9.09. The normalized spacial score (nSPS) is 19.5. The number of aliphatic carboxylic acids is 1. The third kappa shape index (κ3) is 49.0. The van der Waals surface area contributed by atoms with Crippen LogP contribution in [0.25, 0.3) is 0 Å². The van der Waals surface area contributed by atoms with Crippen LogP contribution in [0, 0.1) is 37.9 Å². The number of hydrogen-bond donors (Lipinski definition) is 1. The molecule has 17 nitrogen and oxygen atoms in total. The monoisotopic (exact) mass is 1840 g/mol. The number of carboxylic acid groups (broad SMARTS) is 1. The Balaban J connectivity index is 0. The van der Waals surface area contributed by atoms with Crippen LogP contribution in [-0.2, 0) is 75.1 Å². The molecule has 7 aliphatic carbocycles. The topological polar surface area (TPSA) is 246 Å². The average Bonchev–Trinajstić information content (AvgIpc) is 0.835. The minimum absolute atomic E-state index is 0.0491. The van der Waals surface area contributed by atoms with Crippen molar-refractivity contribution in [3.8, 4) is 0 Å². The summed E-state index contributed by atoms with van der Waals surface area (Å²) in [6.45, 7) is 64.6. The molecule has 21 heteroatoms. The first kappa shape index (κ1) is 120. The largest absolute Gasteiger partial charge is 0.478 e. The van der Waals surface area contributed by atoms with Gasteiger partial charge in [-0.25, -0.2) is 4.79 Å². The fourth-order valence-electron chi connectivity index (χ4n) is 16.7. The standard InChI is InChI=1S/C25H36O2.2C13H20O.C12H17ClO.C12H18O2.C10H16O.C7H15O4P.C6H15O3P.C4H7BrO2/c1-18-9-7-15-24(3,4)22(18)13-11-20(26)17-21(27)12-14-23-19(2)10-8-16-25(23,5)6;2*1-10-6-5-9-13(3,4)12(10)8-7-11(2)14;2*1-9-5-4-8-12(2,3)10(9)6-7-11(13)14;1-8-5-4-6-10(2,3)9(8)7-11;1-4-10-12(9,11-5-2)6-7(3)8;1-4-7-10(8-5-2)9-6-3;1-2-7-4(6)3-5/h11-14H,7-10,15-17H2,1-6H3;2*7-8H,5-6,9H2,1-4H3;6-7H,4-5,8H2,1-3H3;6-7H,4-5,8H2,1-3H3,(H,13,14);7H,4-6H2,1-3H3;4-6H2,1-3H3;4-6H2,1-3H3;2-3H2,1H3/b13-11+,14-12+;2*8-7+;2*7-6+;;;;. The van der Waals surface area contributed by atoms with Crippen LogP contribution >= 0.6 is 43.7 Å². The summed E-state index contributed by atoms with van der Waals surface area (Å²) in [5.74, 6) is -1.22. The van der Waals surface area contributed by atoms with Crippen LogP contribution in [0.4, 0.5) is 0 Å². The smallest absolute Gasteiger partial charge is 0.338 e. The number of esters is 1. The Hall–Kier alpha value is -5.52. The van der Waals surface area contributed by atoms with Crippen LogP contribution in [-0.4, -0.2) is 109 Å². The summed E-state index contributed by atoms with van der Waals surface area (Å²) in [4.78, 5) is 99.0. The van der Waals surface area contributed by atoms with Crippen molar-refractivity contribution in [2.24, 2.45) is 37.9 Å². The van der Waals surface area contributed by atoms with E-state index in [-0.39, 0.29) is 85.4 Å². The van der Waals surface area contributed by atoms with Gasteiger partial charge >= 0.3 is 28.1 Å². The highest BCUT2D eigenvalue weighted by Crippen LogP contribution is 2.49. The van der Waals surface area contributed by atoms with Gasteiger partial charge in [-0.1, -0.05) is 188 Å². The fraction of sp³-hybridized carbons (Fsp3) is 0.657. The summed E-state index contributed by atoms with van der Waals surface area (Å²) in [6.07, 6.45) is 46.5. The van der Waals surface area contributed by atoms with E-state index in [0.29, 0.717) is 45.0 Å². The molecule has 0 spiro atoms. The molecule has 0 atom stereocenters. The van der Waals surface area contributed by atoms with E-state index in [2.05, 4.69) is 166 Å². The fourth-order valence-corrected chi connectivity index (χ4v) is 19.4. The lowest BCUT2D eigenvalue weighted by Crippen LogP contribution is -2.21. The summed E-state index contributed by atoms with van der Waals surface area (Å²) in [5.41, 5.74) is 19.5. The molecule has 0 saturated carbocycles. The van der Waals surface area contributed by atoms with Crippen molar-refractivity contribution in [2.45, 2.75) is 349 Å². The number of allylic oxidation sites excluding steroid dienone is 25. The molecule has 0 saturated heterocycles. The number of alkyl halides is 1. The number of ketones is 5. The van der Waals surface area contributed by atoms with Crippen molar-refractivity contribution in [1.29, 1.82) is 0 Å². The van der Waals surface area contributed by atoms with Gasteiger partial charge in [0, 0.05) is 6.08 Å². The van der Waals surface area contributed by atoms with Gasteiger partial charge in [0.05, 0.1) is 46.1 Å². The molecular weight excluding hydrogens is 1670 g/mol. The molecule has 0 aliphatic heterocycles. The third-order valence-corrected chi connectivity index (χ3v) is 27.2. The number of aldehydes is 1. The molecule has 0 bridgehead atoms. The maximum absolute atomic E-state index is 12.3. The number of hydrogen-bond acceptors (Lipinski definition) is 16. The van der Waals surface area contributed by atoms with E-state index in [0.717, 1.165) is 69.6 Å². The molecule has 0 aromatic rings. The Labute approximate surface area is 760 Å². The Kier molecular flexibility index (Phi) is 58.6.